The standard InChI is InChI=1S/C14H17NO3S/c1-15(9-10-5-4-8-19-10)13(16)11-6-2-3-7-12(11)14(17)18/h2-5,8,11-12H,6-7,9H2,1H3,(H,17,18)/t11-,12+/m1/s1. The molecule has 0 spiro atoms. The van der Waals surface area contributed by atoms with E-state index in [2.05, 4.69) is 0 Å². The summed E-state index contributed by atoms with van der Waals surface area (Å²) in [5.41, 5.74) is 0. The SMILES string of the molecule is CN(Cc1cccs1)C(=O)[C@@H]1CC=CC[C@@H]1C(=O)O. The third-order valence-electron chi connectivity index (χ3n) is 3.42. The highest BCUT2D eigenvalue weighted by molar-refractivity contribution is 7.09. The number of nitrogens with zero attached hydrogens (tertiary/aromatic N) is 1. The van der Waals surface area contributed by atoms with E-state index in [-0.39, 0.29) is 5.91 Å². The van der Waals surface area contributed by atoms with Crippen molar-refractivity contribution in [3.05, 3.63) is 34.5 Å². The Labute approximate surface area is 116 Å². The Hall–Kier alpha value is -1.62. The molecule has 1 amide bonds. The van der Waals surface area contributed by atoms with Gasteiger partial charge in [-0.2, -0.15) is 0 Å². The molecule has 1 aromatic rings. The van der Waals surface area contributed by atoms with E-state index in [4.69, 9.17) is 0 Å². The summed E-state index contributed by atoms with van der Waals surface area (Å²) in [6.45, 7) is 0.545. The van der Waals surface area contributed by atoms with Crippen LogP contribution in [-0.2, 0) is 16.1 Å². The van der Waals surface area contributed by atoms with E-state index in [0.29, 0.717) is 19.4 Å². The van der Waals surface area contributed by atoms with E-state index in [0.717, 1.165) is 4.88 Å². The number of amides is 1. The van der Waals surface area contributed by atoms with Gasteiger partial charge in [0.1, 0.15) is 0 Å². The summed E-state index contributed by atoms with van der Waals surface area (Å²) in [6, 6.07) is 3.92. The van der Waals surface area contributed by atoms with E-state index < -0.39 is 17.8 Å². The minimum absolute atomic E-state index is 0.0786. The minimum atomic E-state index is -0.882. The monoisotopic (exact) mass is 279 g/mol. The Morgan fingerprint density at radius 1 is 1.37 bits per heavy atom. The maximum absolute atomic E-state index is 12.4. The van der Waals surface area contributed by atoms with Gasteiger partial charge in [-0.25, -0.2) is 0 Å². The van der Waals surface area contributed by atoms with Crippen molar-refractivity contribution in [2.75, 3.05) is 7.05 Å². The summed E-state index contributed by atoms with van der Waals surface area (Å²) in [5.74, 6) is -1.99. The summed E-state index contributed by atoms with van der Waals surface area (Å²) in [4.78, 5) is 26.3. The second-order valence-corrected chi connectivity index (χ2v) is 5.80. The molecule has 1 heterocycles. The van der Waals surface area contributed by atoms with Gasteiger partial charge in [-0.1, -0.05) is 18.2 Å². The van der Waals surface area contributed by atoms with Crippen LogP contribution < -0.4 is 0 Å². The third-order valence-corrected chi connectivity index (χ3v) is 4.28. The smallest absolute Gasteiger partial charge is 0.307 e. The van der Waals surface area contributed by atoms with Crippen LogP contribution in [0.4, 0.5) is 0 Å². The quantitative estimate of drug-likeness (QED) is 0.861. The Bertz CT molecular complexity index is 481. The zero-order valence-electron chi connectivity index (χ0n) is 10.8. The lowest BCUT2D eigenvalue weighted by molar-refractivity contribution is -0.150. The first-order valence-electron chi connectivity index (χ1n) is 6.24. The number of allylic oxidation sites excluding steroid dienone is 2. The van der Waals surface area contributed by atoms with Gasteiger partial charge in [0, 0.05) is 11.9 Å². The van der Waals surface area contributed by atoms with Crippen molar-refractivity contribution in [3.8, 4) is 0 Å². The van der Waals surface area contributed by atoms with Crippen LogP contribution in [0, 0.1) is 11.8 Å². The maximum Gasteiger partial charge on any atom is 0.307 e. The minimum Gasteiger partial charge on any atom is -0.481 e. The highest BCUT2D eigenvalue weighted by atomic mass is 32.1. The molecule has 0 unspecified atom stereocenters. The fraction of sp³-hybridized carbons (Fsp3) is 0.429. The summed E-state index contributed by atoms with van der Waals surface area (Å²) >= 11 is 1.60. The highest BCUT2D eigenvalue weighted by Gasteiger charge is 2.35. The number of rotatable bonds is 4. The lowest BCUT2D eigenvalue weighted by Crippen LogP contribution is -2.39. The van der Waals surface area contributed by atoms with Gasteiger partial charge in [-0.15, -0.1) is 11.3 Å². The molecule has 102 valence electrons. The molecule has 1 aromatic heterocycles. The van der Waals surface area contributed by atoms with E-state index in [9.17, 15) is 14.7 Å². The molecule has 0 aliphatic heterocycles. The molecule has 2 atom stereocenters. The molecular weight excluding hydrogens is 262 g/mol. The van der Waals surface area contributed by atoms with E-state index in [1.807, 2.05) is 29.7 Å². The molecule has 4 nitrogen and oxygen atoms in total. The molecule has 0 saturated heterocycles. The molecule has 1 N–H and O–H groups in total. The first-order chi connectivity index (χ1) is 9.09. The van der Waals surface area contributed by atoms with Crippen molar-refractivity contribution in [2.24, 2.45) is 11.8 Å². The van der Waals surface area contributed by atoms with Gasteiger partial charge in [0.15, 0.2) is 0 Å². The Morgan fingerprint density at radius 3 is 2.63 bits per heavy atom. The van der Waals surface area contributed by atoms with Crippen LogP contribution in [0.2, 0.25) is 0 Å². The van der Waals surface area contributed by atoms with Crippen LogP contribution in [0.5, 0.6) is 0 Å². The van der Waals surface area contributed by atoms with Crippen LogP contribution in [0.15, 0.2) is 29.7 Å². The molecule has 0 saturated carbocycles. The average Bonchev–Trinajstić information content (AvgIpc) is 2.90. The maximum atomic E-state index is 12.4. The molecule has 0 fully saturated rings. The zero-order valence-corrected chi connectivity index (χ0v) is 11.6. The van der Waals surface area contributed by atoms with Crippen LogP contribution in [0.3, 0.4) is 0 Å². The van der Waals surface area contributed by atoms with E-state index in [1.54, 1.807) is 23.3 Å². The Kier molecular flexibility index (Phi) is 4.37. The largest absolute Gasteiger partial charge is 0.481 e. The second kappa shape index (κ2) is 6.02. The number of hydrogen-bond donors (Lipinski definition) is 1. The topological polar surface area (TPSA) is 57.6 Å². The second-order valence-electron chi connectivity index (χ2n) is 4.77. The Balaban J connectivity index is 2.05. The predicted octanol–water partition coefficient (Wildman–Crippen LogP) is 2.37. The van der Waals surface area contributed by atoms with Crippen molar-refractivity contribution < 1.29 is 14.7 Å². The van der Waals surface area contributed by atoms with Gasteiger partial charge in [0.05, 0.1) is 18.4 Å². The fourth-order valence-corrected chi connectivity index (χ4v) is 3.11. The zero-order chi connectivity index (χ0) is 13.8. The van der Waals surface area contributed by atoms with Gasteiger partial charge < -0.3 is 10.0 Å². The normalized spacial score (nSPS) is 22.2. The number of carboxylic acids is 1. The molecule has 19 heavy (non-hydrogen) atoms. The molecule has 0 aromatic carbocycles. The van der Waals surface area contributed by atoms with Crippen LogP contribution in [0.1, 0.15) is 17.7 Å². The number of thiophene rings is 1. The lowest BCUT2D eigenvalue weighted by atomic mass is 9.82. The summed E-state index contributed by atoms with van der Waals surface area (Å²) in [5, 5.41) is 11.2. The number of hydrogen-bond acceptors (Lipinski definition) is 3. The molecule has 1 aliphatic carbocycles. The Morgan fingerprint density at radius 2 is 2.05 bits per heavy atom. The van der Waals surface area contributed by atoms with E-state index in [1.165, 1.54) is 0 Å². The fourth-order valence-electron chi connectivity index (χ4n) is 2.36. The highest BCUT2D eigenvalue weighted by Crippen LogP contribution is 2.28. The molecular formula is C14H17NO3S. The van der Waals surface area contributed by atoms with Gasteiger partial charge in [0.25, 0.3) is 0 Å². The molecule has 0 bridgehead atoms. The number of aliphatic carboxylic acids is 1. The summed E-state index contributed by atoms with van der Waals surface area (Å²) < 4.78 is 0. The first-order valence-corrected chi connectivity index (χ1v) is 7.12. The van der Waals surface area contributed by atoms with Gasteiger partial charge in [-0.3, -0.25) is 9.59 Å². The van der Waals surface area contributed by atoms with Gasteiger partial charge in [0.2, 0.25) is 5.91 Å². The number of carbonyl (C=O) groups is 2. The van der Waals surface area contributed by atoms with Crippen molar-refractivity contribution in [3.63, 3.8) is 0 Å². The molecule has 0 radical (unpaired) electrons. The number of carboxylic acid groups (broad SMARTS) is 1. The summed E-state index contributed by atoms with van der Waals surface area (Å²) in [7, 11) is 1.74. The lowest BCUT2D eigenvalue weighted by Gasteiger charge is -2.28. The molecule has 2 rings (SSSR count). The van der Waals surface area contributed by atoms with Crippen molar-refractivity contribution in [1.29, 1.82) is 0 Å². The van der Waals surface area contributed by atoms with Crippen molar-refractivity contribution in [2.45, 2.75) is 19.4 Å². The molecule has 5 heteroatoms. The number of carbonyl (C=O) groups excluding carboxylic acids is 1. The van der Waals surface area contributed by atoms with Gasteiger partial charge >= 0.3 is 5.97 Å². The van der Waals surface area contributed by atoms with Crippen LogP contribution >= 0.6 is 11.3 Å². The van der Waals surface area contributed by atoms with Crippen molar-refractivity contribution in [1.82, 2.24) is 4.90 Å². The average molecular weight is 279 g/mol. The van der Waals surface area contributed by atoms with Crippen LogP contribution in [0.25, 0.3) is 0 Å². The first kappa shape index (κ1) is 13.8. The van der Waals surface area contributed by atoms with Crippen LogP contribution in [-0.4, -0.2) is 28.9 Å². The predicted molar refractivity (Wildman–Crippen MR) is 73.8 cm³/mol. The molecule has 1 aliphatic rings. The third kappa shape index (κ3) is 3.23. The van der Waals surface area contributed by atoms with Crippen molar-refractivity contribution >= 4 is 23.2 Å². The summed E-state index contributed by atoms with van der Waals surface area (Å²) in [6.07, 6.45) is 4.71. The van der Waals surface area contributed by atoms with E-state index >= 15 is 0 Å². The van der Waals surface area contributed by atoms with Gasteiger partial charge in [-0.05, 0) is 24.3 Å².